The number of rotatable bonds is 6. The van der Waals surface area contributed by atoms with E-state index in [0.29, 0.717) is 10.7 Å². The van der Waals surface area contributed by atoms with E-state index in [1.54, 1.807) is 0 Å². The molecule has 1 nitrogen and oxygen atoms in total. The minimum absolute atomic E-state index is 0.540. The van der Waals surface area contributed by atoms with Crippen molar-refractivity contribution in [1.82, 2.24) is 4.90 Å². The first-order valence-electron chi connectivity index (χ1n) is 5.56. The smallest absolute Gasteiger partial charge is 0.00771 e. The summed E-state index contributed by atoms with van der Waals surface area (Å²) in [5, 5.41) is 0.659. The lowest BCUT2D eigenvalue weighted by molar-refractivity contribution is 0.304. The van der Waals surface area contributed by atoms with E-state index in [1.807, 2.05) is 0 Å². The van der Waals surface area contributed by atoms with Gasteiger partial charge in [0.1, 0.15) is 0 Å². The van der Waals surface area contributed by atoms with E-state index in [0.717, 1.165) is 0 Å². The molecular formula is C12H23NS. The van der Waals surface area contributed by atoms with Crippen molar-refractivity contribution in [2.75, 3.05) is 20.1 Å². The normalized spacial score (nSPS) is 31.6. The van der Waals surface area contributed by atoms with Gasteiger partial charge in [-0.3, -0.25) is 0 Å². The van der Waals surface area contributed by atoms with Gasteiger partial charge >= 0.3 is 0 Å². The summed E-state index contributed by atoms with van der Waals surface area (Å²) in [6.45, 7) is 6.82. The third kappa shape index (κ3) is 3.66. The first-order chi connectivity index (χ1) is 6.58. The van der Waals surface area contributed by atoms with Gasteiger partial charge in [0.15, 0.2) is 0 Å². The van der Waals surface area contributed by atoms with Crippen LogP contribution >= 0.6 is 12.6 Å². The Hall–Kier alpha value is 0.0500. The van der Waals surface area contributed by atoms with Crippen LogP contribution in [0.4, 0.5) is 0 Å². The summed E-state index contributed by atoms with van der Waals surface area (Å²) >= 11 is 4.52. The molecule has 0 aromatic rings. The molecule has 82 valence electrons. The summed E-state index contributed by atoms with van der Waals surface area (Å²) < 4.78 is 0. The Bertz CT molecular complexity index is 202. The summed E-state index contributed by atoms with van der Waals surface area (Å²) in [5.74, 6) is 0. The maximum atomic E-state index is 4.52. The van der Waals surface area contributed by atoms with Crippen LogP contribution < -0.4 is 0 Å². The van der Waals surface area contributed by atoms with Crippen LogP contribution in [0.5, 0.6) is 0 Å². The first-order valence-corrected chi connectivity index (χ1v) is 6.08. The van der Waals surface area contributed by atoms with Crippen molar-refractivity contribution in [3.63, 3.8) is 0 Å². The van der Waals surface area contributed by atoms with Gasteiger partial charge in [-0.1, -0.05) is 19.1 Å². The molecule has 1 aliphatic carbocycles. The number of thiol groups is 1. The van der Waals surface area contributed by atoms with Gasteiger partial charge in [0, 0.05) is 11.8 Å². The monoisotopic (exact) mass is 213 g/mol. The molecule has 0 amide bonds. The molecule has 0 aliphatic heterocycles. The lowest BCUT2D eigenvalue weighted by Gasteiger charge is -2.18. The fraction of sp³-hybridized carbons (Fsp3) is 0.833. The Balaban J connectivity index is 2.06. The fourth-order valence-electron chi connectivity index (χ4n) is 1.67. The van der Waals surface area contributed by atoms with E-state index in [4.69, 9.17) is 0 Å². The molecule has 14 heavy (non-hydrogen) atoms. The molecule has 0 saturated heterocycles. The van der Waals surface area contributed by atoms with E-state index in [9.17, 15) is 0 Å². The average molecular weight is 213 g/mol. The van der Waals surface area contributed by atoms with Crippen molar-refractivity contribution in [2.24, 2.45) is 5.41 Å². The number of nitrogens with zero attached hydrogens (tertiary/aromatic N) is 1. The Morgan fingerprint density at radius 1 is 1.50 bits per heavy atom. The van der Waals surface area contributed by atoms with Crippen LogP contribution in [0, 0.1) is 5.41 Å². The van der Waals surface area contributed by atoms with E-state index in [-0.39, 0.29) is 0 Å². The van der Waals surface area contributed by atoms with Crippen molar-refractivity contribution in [3.05, 3.63) is 12.2 Å². The van der Waals surface area contributed by atoms with Crippen LogP contribution in [-0.4, -0.2) is 30.3 Å². The Morgan fingerprint density at radius 3 is 2.64 bits per heavy atom. The molecule has 0 aromatic carbocycles. The molecule has 2 heteroatoms. The van der Waals surface area contributed by atoms with E-state index in [2.05, 4.69) is 50.6 Å². The van der Waals surface area contributed by atoms with Crippen molar-refractivity contribution >= 4 is 12.6 Å². The second-order valence-electron chi connectivity index (χ2n) is 4.78. The Labute approximate surface area is 94.0 Å². The van der Waals surface area contributed by atoms with Crippen LogP contribution in [0.3, 0.4) is 0 Å². The minimum atomic E-state index is 0.540. The van der Waals surface area contributed by atoms with Crippen LogP contribution in [0.1, 0.15) is 33.1 Å². The van der Waals surface area contributed by atoms with Gasteiger partial charge in [-0.15, -0.1) is 0 Å². The highest BCUT2D eigenvalue weighted by Gasteiger charge is 2.46. The zero-order valence-electron chi connectivity index (χ0n) is 9.66. The van der Waals surface area contributed by atoms with Crippen molar-refractivity contribution in [2.45, 2.75) is 38.4 Å². The zero-order valence-corrected chi connectivity index (χ0v) is 10.6. The summed E-state index contributed by atoms with van der Waals surface area (Å²) in [7, 11) is 2.21. The van der Waals surface area contributed by atoms with E-state index < -0.39 is 0 Å². The molecule has 1 aliphatic rings. The topological polar surface area (TPSA) is 3.24 Å². The average Bonchev–Trinajstić information content (AvgIpc) is 2.73. The summed E-state index contributed by atoms with van der Waals surface area (Å²) in [6.07, 6.45) is 8.14. The van der Waals surface area contributed by atoms with Gasteiger partial charge < -0.3 is 4.90 Å². The van der Waals surface area contributed by atoms with Crippen molar-refractivity contribution in [3.8, 4) is 0 Å². The second kappa shape index (κ2) is 5.22. The first kappa shape index (κ1) is 12.1. The number of hydrogen-bond donors (Lipinski definition) is 1. The molecule has 0 radical (unpaired) electrons. The van der Waals surface area contributed by atoms with E-state index >= 15 is 0 Å². The standard InChI is InChI=1S/C12H23NS/c1-4-5-6-8-13(3)9-7-12(2)10-11(12)14/h4-5,11,14H,6-10H2,1-3H3/b5-4-. The minimum Gasteiger partial charge on any atom is -0.306 e. The molecule has 0 bridgehead atoms. The van der Waals surface area contributed by atoms with Gasteiger partial charge in [0.2, 0.25) is 0 Å². The lowest BCUT2D eigenvalue weighted by Crippen LogP contribution is -2.22. The number of hydrogen-bond acceptors (Lipinski definition) is 2. The zero-order chi connectivity index (χ0) is 10.6. The van der Waals surface area contributed by atoms with Gasteiger partial charge in [-0.2, -0.15) is 12.6 Å². The predicted molar refractivity (Wildman–Crippen MR) is 67.0 cm³/mol. The van der Waals surface area contributed by atoms with Gasteiger partial charge in [0.25, 0.3) is 0 Å². The maximum Gasteiger partial charge on any atom is 0.00771 e. The van der Waals surface area contributed by atoms with Crippen LogP contribution in [-0.2, 0) is 0 Å². The summed E-state index contributed by atoms with van der Waals surface area (Å²) in [6, 6.07) is 0. The molecule has 1 fully saturated rings. The van der Waals surface area contributed by atoms with Crippen LogP contribution in [0.25, 0.3) is 0 Å². The molecule has 1 rings (SSSR count). The third-order valence-electron chi connectivity index (χ3n) is 3.28. The highest BCUT2D eigenvalue weighted by atomic mass is 32.1. The molecule has 2 unspecified atom stereocenters. The molecule has 0 N–H and O–H groups in total. The Morgan fingerprint density at radius 2 is 2.14 bits per heavy atom. The molecular weight excluding hydrogens is 190 g/mol. The summed E-state index contributed by atoms with van der Waals surface area (Å²) in [5.41, 5.74) is 0.540. The third-order valence-corrected chi connectivity index (χ3v) is 4.09. The summed E-state index contributed by atoms with van der Waals surface area (Å²) in [4.78, 5) is 2.42. The van der Waals surface area contributed by atoms with Gasteiger partial charge in [-0.25, -0.2) is 0 Å². The molecule has 0 heterocycles. The molecule has 0 spiro atoms. The van der Waals surface area contributed by atoms with Crippen LogP contribution in [0.2, 0.25) is 0 Å². The van der Waals surface area contributed by atoms with Crippen molar-refractivity contribution in [1.29, 1.82) is 0 Å². The largest absolute Gasteiger partial charge is 0.306 e. The number of allylic oxidation sites excluding steroid dienone is 1. The van der Waals surface area contributed by atoms with Crippen LogP contribution in [0.15, 0.2) is 12.2 Å². The van der Waals surface area contributed by atoms with Crippen molar-refractivity contribution < 1.29 is 0 Å². The lowest BCUT2D eigenvalue weighted by atomic mass is 10.1. The van der Waals surface area contributed by atoms with Gasteiger partial charge in [-0.05, 0) is 45.2 Å². The predicted octanol–water partition coefficient (Wildman–Crippen LogP) is 2.98. The molecule has 2 atom stereocenters. The second-order valence-corrected chi connectivity index (χ2v) is 5.41. The molecule has 1 saturated carbocycles. The molecule has 0 aromatic heterocycles. The fourth-order valence-corrected chi connectivity index (χ4v) is 2.22. The quantitative estimate of drug-likeness (QED) is 0.524. The van der Waals surface area contributed by atoms with E-state index in [1.165, 1.54) is 32.4 Å². The Kier molecular flexibility index (Phi) is 4.52. The highest BCUT2D eigenvalue weighted by molar-refractivity contribution is 7.81. The highest BCUT2D eigenvalue weighted by Crippen LogP contribution is 2.52. The SMILES string of the molecule is C/C=C\CCN(C)CCC1(C)CC1S. The maximum absolute atomic E-state index is 4.52. The van der Waals surface area contributed by atoms with Gasteiger partial charge in [0.05, 0.1) is 0 Å².